The van der Waals surface area contributed by atoms with Gasteiger partial charge in [-0.3, -0.25) is 0 Å². The molecular weight excluding hydrogens is 238 g/mol. The van der Waals surface area contributed by atoms with Gasteiger partial charge in [-0.1, -0.05) is 37.6 Å². The first kappa shape index (κ1) is 13.8. The monoisotopic (exact) mass is 257 g/mol. The summed E-state index contributed by atoms with van der Waals surface area (Å²) in [5.74, 6) is 0. The van der Waals surface area contributed by atoms with E-state index in [4.69, 9.17) is 11.6 Å². The largest absolute Gasteiger partial charge is 0.309 e. The van der Waals surface area contributed by atoms with Crippen LogP contribution in [-0.2, 0) is 0 Å². The van der Waals surface area contributed by atoms with Crippen LogP contribution in [-0.4, -0.2) is 6.54 Å². The molecule has 3 heteroatoms. The molecule has 1 aromatic rings. The van der Waals surface area contributed by atoms with Crippen LogP contribution in [0.1, 0.15) is 44.0 Å². The van der Waals surface area contributed by atoms with E-state index in [2.05, 4.69) is 25.7 Å². The number of hydrogen-bond donors (Lipinski definition) is 1. The number of halogens is 1. The highest BCUT2D eigenvalue weighted by molar-refractivity contribution is 7.10. The van der Waals surface area contributed by atoms with Gasteiger partial charge in [0.25, 0.3) is 0 Å². The van der Waals surface area contributed by atoms with Crippen molar-refractivity contribution in [2.75, 3.05) is 6.54 Å². The average Bonchev–Trinajstić information content (AvgIpc) is 2.70. The van der Waals surface area contributed by atoms with E-state index in [1.54, 1.807) is 11.3 Å². The second-order valence-corrected chi connectivity index (χ2v) is 5.30. The lowest BCUT2D eigenvalue weighted by molar-refractivity contribution is 0.531. The van der Waals surface area contributed by atoms with Gasteiger partial charge in [-0.25, -0.2) is 0 Å². The lowest BCUT2D eigenvalue weighted by Gasteiger charge is -2.18. The SMILES string of the molecule is C=C(CC)CC(NCCC)c1sccc1Cl. The summed E-state index contributed by atoms with van der Waals surface area (Å²) in [6.07, 6.45) is 3.15. The molecule has 1 unspecified atom stereocenters. The molecule has 0 saturated carbocycles. The third kappa shape index (κ3) is 3.93. The lowest BCUT2D eigenvalue weighted by Crippen LogP contribution is -2.22. The Kier molecular flexibility index (Phi) is 6.10. The molecule has 0 amide bonds. The third-order valence-corrected chi connectivity index (χ3v) is 4.07. The Morgan fingerprint density at radius 2 is 2.31 bits per heavy atom. The van der Waals surface area contributed by atoms with Crippen molar-refractivity contribution in [3.05, 3.63) is 33.5 Å². The minimum atomic E-state index is 0.333. The second kappa shape index (κ2) is 7.10. The fourth-order valence-corrected chi connectivity index (χ4v) is 2.83. The molecule has 1 aromatic heterocycles. The summed E-state index contributed by atoms with van der Waals surface area (Å²) in [5, 5.41) is 6.47. The maximum absolute atomic E-state index is 6.18. The topological polar surface area (TPSA) is 12.0 Å². The Hall–Kier alpha value is -0.310. The maximum Gasteiger partial charge on any atom is 0.0561 e. The van der Waals surface area contributed by atoms with Gasteiger partial charge in [0.2, 0.25) is 0 Å². The molecule has 0 saturated heterocycles. The number of nitrogens with one attached hydrogen (secondary N) is 1. The second-order valence-electron chi connectivity index (χ2n) is 3.95. The zero-order chi connectivity index (χ0) is 12.0. The van der Waals surface area contributed by atoms with Gasteiger partial charge in [-0.2, -0.15) is 0 Å². The fraction of sp³-hybridized carbons (Fsp3) is 0.538. The predicted octanol–water partition coefficient (Wildman–Crippen LogP) is 4.80. The van der Waals surface area contributed by atoms with Crippen LogP contribution in [0.2, 0.25) is 5.02 Å². The summed E-state index contributed by atoms with van der Waals surface area (Å²) in [6.45, 7) is 9.43. The molecular formula is C13H20ClNS. The molecule has 0 bridgehead atoms. The van der Waals surface area contributed by atoms with Gasteiger partial charge in [-0.05, 0) is 37.3 Å². The van der Waals surface area contributed by atoms with Crippen molar-refractivity contribution in [3.63, 3.8) is 0 Å². The highest BCUT2D eigenvalue weighted by Crippen LogP contribution is 2.32. The fourth-order valence-electron chi connectivity index (χ4n) is 1.56. The maximum atomic E-state index is 6.18. The van der Waals surface area contributed by atoms with Gasteiger partial charge in [0.1, 0.15) is 0 Å². The van der Waals surface area contributed by atoms with Crippen molar-refractivity contribution in [1.82, 2.24) is 5.32 Å². The van der Waals surface area contributed by atoms with Crippen LogP contribution in [0.4, 0.5) is 0 Å². The van der Waals surface area contributed by atoms with Gasteiger partial charge in [0, 0.05) is 10.9 Å². The summed E-state index contributed by atoms with van der Waals surface area (Å²) < 4.78 is 0. The molecule has 1 nitrogen and oxygen atoms in total. The first-order valence-corrected chi connectivity index (χ1v) is 7.07. The minimum absolute atomic E-state index is 0.333. The first-order valence-electron chi connectivity index (χ1n) is 5.81. The molecule has 1 N–H and O–H groups in total. The normalized spacial score (nSPS) is 12.7. The van der Waals surface area contributed by atoms with Crippen molar-refractivity contribution >= 4 is 22.9 Å². The highest BCUT2D eigenvalue weighted by atomic mass is 35.5. The molecule has 1 atom stereocenters. The van der Waals surface area contributed by atoms with Crippen molar-refractivity contribution in [1.29, 1.82) is 0 Å². The Labute approximate surface area is 108 Å². The summed E-state index contributed by atoms with van der Waals surface area (Å²) >= 11 is 7.91. The molecule has 0 fully saturated rings. The Balaban J connectivity index is 2.71. The van der Waals surface area contributed by atoms with E-state index in [0.29, 0.717) is 6.04 Å². The highest BCUT2D eigenvalue weighted by Gasteiger charge is 2.15. The van der Waals surface area contributed by atoms with Crippen LogP contribution in [0.5, 0.6) is 0 Å². The first-order chi connectivity index (χ1) is 7.69. The molecule has 0 aromatic carbocycles. The zero-order valence-corrected chi connectivity index (χ0v) is 11.6. The lowest BCUT2D eigenvalue weighted by atomic mass is 10.0. The smallest absolute Gasteiger partial charge is 0.0561 e. The number of hydrogen-bond acceptors (Lipinski definition) is 2. The van der Waals surface area contributed by atoms with Crippen LogP contribution >= 0.6 is 22.9 Å². The summed E-state index contributed by atoms with van der Waals surface area (Å²) in [4.78, 5) is 1.24. The molecule has 1 rings (SSSR count). The minimum Gasteiger partial charge on any atom is -0.309 e. The van der Waals surface area contributed by atoms with Crippen LogP contribution in [0, 0.1) is 0 Å². The van der Waals surface area contributed by atoms with E-state index in [0.717, 1.165) is 30.8 Å². The van der Waals surface area contributed by atoms with E-state index in [9.17, 15) is 0 Å². The van der Waals surface area contributed by atoms with Gasteiger partial charge in [0.15, 0.2) is 0 Å². The Morgan fingerprint density at radius 1 is 1.56 bits per heavy atom. The van der Waals surface area contributed by atoms with Gasteiger partial charge >= 0.3 is 0 Å². The molecule has 0 aliphatic heterocycles. The van der Waals surface area contributed by atoms with E-state index >= 15 is 0 Å². The average molecular weight is 258 g/mol. The quantitative estimate of drug-likeness (QED) is 0.692. The summed E-state index contributed by atoms with van der Waals surface area (Å²) in [7, 11) is 0. The molecule has 0 aliphatic carbocycles. The van der Waals surface area contributed by atoms with Crippen molar-refractivity contribution in [2.24, 2.45) is 0 Å². The molecule has 16 heavy (non-hydrogen) atoms. The van der Waals surface area contributed by atoms with E-state index in [-0.39, 0.29) is 0 Å². The van der Waals surface area contributed by atoms with Crippen molar-refractivity contribution in [3.8, 4) is 0 Å². The van der Waals surface area contributed by atoms with Crippen LogP contribution in [0.3, 0.4) is 0 Å². The van der Waals surface area contributed by atoms with E-state index in [1.165, 1.54) is 10.5 Å². The molecule has 1 heterocycles. The number of thiophene rings is 1. The third-order valence-electron chi connectivity index (χ3n) is 2.59. The van der Waals surface area contributed by atoms with Gasteiger partial charge in [0.05, 0.1) is 5.02 Å². The van der Waals surface area contributed by atoms with Crippen molar-refractivity contribution < 1.29 is 0 Å². The van der Waals surface area contributed by atoms with Crippen LogP contribution in [0.15, 0.2) is 23.6 Å². The Morgan fingerprint density at radius 3 is 2.81 bits per heavy atom. The summed E-state index contributed by atoms with van der Waals surface area (Å²) in [6, 6.07) is 2.30. The molecule has 0 spiro atoms. The van der Waals surface area contributed by atoms with Crippen LogP contribution in [0.25, 0.3) is 0 Å². The molecule has 0 aliphatic rings. The molecule has 90 valence electrons. The van der Waals surface area contributed by atoms with E-state index < -0.39 is 0 Å². The summed E-state index contributed by atoms with van der Waals surface area (Å²) in [5.41, 5.74) is 1.28. The van der Waals surface area contributed by atoms with Crippen molar-refractivity contribution in [2.45, 2.75) is 39.2 Å². The van der Waals surface area contributed by atoms with Gasteiger partial charge in [-0.15, -0.1) is 11.3 Å². The molecule has 0 radical (unpaired) electrons. The Bertz CT molecular complexity index is 332. The van der Waals surface area contributed by atoms with Crippen LogP contribution < -0.4 is 5.32 Å². The standard InChI is InChI=1S/C13H20ClNS/c1-4-7-15-12(9-10(3)5-2)13-11(14)6-8-16-13/h6,8,12,15H,3-5,7,9H2,1-2H3. The van der Waals surface area contributed by atoms with Gasteiger partial charge < -0.3 is 5.32 Å². The number of rotatable bonds is 7. The predicted molar refractivity (Wildman–Crippen MR) is 74.4 cm³/mol. The zero-order valence-electron chi connectivity index (χ0n) is 10.1. The van der Waals surface area contributed by atoms with E-state index in [1.807, 2.05) is 11.4 Å².